The molecule has 7 heteroatoms. The standard InChI is InChI=1S/C15H20N4O3/c1-20-11-8-10(9-12(21-2)14(11)22-3)15-18-17-13-4-5-16-6-7-19(13)15/h8-9,16H,4-7H2,1-3H3. The van der Waals surface area contributed by atoms with Gasteiger partial charge in [0.2, 0.25) is 5.75 Å². The van der Waals surface area contributed by atoms with E-state index in [2.05, 4.69) is 20.1 Å². The molecule has 3 rings (SSSR count). The third-order valence-corrected chi connectivity index (χ3v) is 3.79. The maximum atomic E-state index is 5.41. The van der Waals surface area contributed by atoms with Crippen LogP contribution in [-0.4, -0.2) is 49.2 Å². The molecule has 1 aliphatic heterocycles. The Morgan fingerprint density at radius 3 is 2.36 bits per heavy atom. The molecule has 0 unspecified atom stereocenters. The molecule has 2 aromatic rings. The van der Waals surface area contributed by atoms with Crippen molar-refractivity contribution in [2.24, 2.45) is 0 Å². The van der Waals surface area contributed by atoms with E-state index in [1.54, 1.807) is 21.3 Å². The van der Waals surface area contributed by atoms with Gasteiger partial charge in [0.05, 0.1) is 21.3 Å². The van der Waals surface area contributed by atoms with Crippen molar-refractivity contribution in [3.63, 3.8) is 0 Å². The fraction of sp³-hybridized carbons (Fsp3) is 0.467. The summed E-state index contributed by atoms with van der Waals surface area (Å²) in [6.45, 7) is 2.67. The molecule has 0 saturated heterocycles. The van der Waals surface area contributed by atoms with Gasteiger partial charge in [-0.1, -0.05) is 0 Å². The molecule has 0 radical (unpaired) electrons. The first kappa shape index (κ1) is 14.6. The molecule has 2 heterocycles. The van der Waals surface area contributed by atoms with Crippen molar-refractivity contribution >= 4 is 0 Å². The summed E-state index contributed by atoms with van der Waals surface area (Å²) in [5.74, 6) is 3.61. The van der Waals surface area contributed by atoms with Gasteiger partial charge in [0, 0.05) is 31.6 Å². The fourth-order valence-electron chi connectivity index (χ4n) is 2.70. The van der Waals surface area contributed by atoms with Crippen LogP contribution in [0.25, 0.3) is 11.4 Å². The van der Waals surface area contributed by atoms with E-state index in [1.165, 1.54) is 0 Å². The molecule has 0 atom stereocenters. The second-order valence-corrected chi connectivity index (χ2v) is 5.01. The van der Waals surface area contributed by atoms with Gasteiger partial charge in [-0.2, -0.15) is 0 Å². The van der Waals surface area contributed by atoms with Crippen LogP contribution in [0.2, 0.25) is 0 Å². The van der Waals surface area contributed by atoms with Crippen LogP contribution in [0.3, 0.4) is 0 Å². The van der Waals surface area contributed by atoms with Gasteiger partial charge in [0.25, 0.3) is 0 Å². The Bertz CT molecular complexity index is 644. The number of nitrogens with one attached hydrogen (secondary N) is 1. The summed E-state index contributed by atoms with van der Waals surface area (Å²) in [4.78, 5) is 0. The largest absolute Gasteiger partial charge is 0.493 e. The summed E-state index contributed by atoms with van der Waals surface area (Å²) in [6.07, 6.45) is 0.872. The summed E-state index contributed by atoms with van der Waals surface area (Å²) in [6, 6.07) is 3.80. The van der Waals surface area contributed by atoms with Crippen LogP contribution in [0.5, 0.6) is 17.2 Å². The van der Waals surface area contributed by atoms with E-state index < -0.39 is 0 Å². The number of aromatic nitrogens is 3. The normalized spacial score (nSPS) is 14.1. The summed E-state index contributed by atoms with van der Waals surface area (Å²) in [5, 5.41) is 12.0. The second kappa shape index (κ2) is 6.23. The minimum atomic E-state index is 0.575. The van der Waals surface area contributed by atoms with Crippen LogP contribution < -0.4 is 19.5 Å². The Hall–Kier alpha value is -2.28. The lowest BCUT2D eigenvalue weighted by molar-refractivity contribution is 0.324. The van der Waals surface area contributed by atoms with E-state index in [1.807, 2.05) is 12.1 Å². The number of hydrogen-bond donors (Lipinski definition) is 1. The maximum absolute atomic E-state index is 5.41. The number of hydrogen-bond acceptors (Lipinski definition) is 6. The molecule has 118 valence electrons. The minimum absolute atomic E-state index is 0.575. The number of methoxy groups -OCH3 is 3. The van der Waals surface area contributed by atoms with Gasteiger partial charge in [0.15, 0.2) is 17.3 Å². The van der Waals surface area contributed by atoms with Crippen LogP contribution in [0.1, 0.15) is 5.82 Å². The van der Waals surface area contributed by atoms with Crippen molar-refractivity contribution in [1.82, 2.24) is 20.1 Å². The lowest BCUT2D eigenvalue weighted by Gasteiger charge is -2.14. The average Bonchev–Trinajstić information content (AvgIpc) is 2.81. The molecule has 0 saturated carbocycles. The van der Waals surface area contributed by atoms with Gasteiger partial charge in [0.1, 0.15) is 5.82 Å². The quantitative estimate of drug-likeness (QED) is 0.912. The Morgan fingerprint density at radius 1 is 1.00 bits per heavy atom. The number of nitrogens with zero attached hydrogens (tertiary/aromatic N) is 3. The average molecular weight is 304 g/mol. The van der Waals surface area contributed by atoms with Crippen LogP contribution in [0.4, 0.5) is 0 Å². The molecular weight excluding hydrogens is 284 g/mol. The van der Waals surface area contributed by atoms with Crippen LogP contribution >= 0.6 is 0 Å². The highest BCUT2D eigenvalue weighted by atomic mass is 16.5. The Morgan fingerprint density at radius 2 is 1.73 bits per heavy atom. The smallest absolute Gasteiger partial charge is 0.203 e. The van der Waals surface area contributed by atoms with Crippen LogP contribution in [-0.2, 0) is 13.0 Å². The van der Waals surface area contributed by atoms with Gasteiger partial charge >= 0.3 is 0 Å². The van der Waals surface area contributed by atoms with E-state index >= 15 is 0 Å². The first-order valence-corrected chi connectivity index (χ1v) is 7.21. The van der Waals surface area contributed by atoms with E-state index in [9.17, 15) is 0 Å². The zero-order chi connectivity index (χ0) is 15.5. The lowest BCUT2D eigenvalue weighted by atomic mass is 10.1. The van der Waals surface area contributed by atoms with Crippen molar-refractivity contribution in [2.75, 3.05) is 34.4 Å². The van der Waals surface area contributed by atoms with Crippen molar-refractivity contribution in [3.05, 3.63) is 18.0 Å². The molecule has 0 fully saturated rings. The molecular formula is C15H20N4O3. The summed E-state index contributed by atoms with van der Waals surface area (Å²) < 4.78 is 18.3. The monoisotopic (exact) mass is 304 g/mol. The van der Waals surface area contributed by atoms with Crippen molar-refractivity contribution in [1.29, 1.82) is 0 Å². The Balaban J connectivity index is 2.11. The number of ether oxygens (including phenoxy) is 3. The van der Waals surface area contributed by atoms with Gasteiger partial charge in [-0.05, 0) is 12.1 Å². The van der Waals surface area contributed by atoms with Gasteiger partial charge < -0.3 is 24.1 Å². The summed E-state index contributed by atoms with van der Waals surface area (Å²) in [5.41, 5.74) is 0.898. The Labute approximate surface area is 129 Å². The van der Waals surface area contributed by atoms with E-state index in [0.29, 0.717) is 17.2 Å². The van der Waals surface area contributed by atoms with Crippen molar-refractivity contribution in [3.8, 4) is 28.6 Å². The number of rotatable bonds is 4. The molecule has 1 aromatic carbocycles. The molecule has 1 aliphatic rings. The Kier molecular flexibility index (Phi) is 4.15. The van der Waals surface area contributed by atoms with E-state index in [0.717, 1.165) is 43.3 Å². The predicted molar refractivity (Wildman–Crippen MR) is 81.7 cm³/mol. The van der Waals surface area contributed by atoms with E-state index in [4.69, 9.17) is 14.2 Å². The minimum Gasteiger partial charge on any atom is -0.493 e. The van der Waals surface area contributed by atoms with Gasteiger partial charge in [-0.3, -0.25) is 0 Å². The van der Waals surface area contributed by atoms with Gasteiger partial charge in [-0.15, -0.1) is 10.2 Å². The summed E-state index contributed by atoms with van der Waals surface area (Å²) in [7, 11) is 4.81. The molecule has 0 spiro atoms. The zero-order valence-electron chi connectivity index (χ0n) is 13.0. The number of fused-ring (bicyclic) bond motifs is 1. The summed E-state index contributed by atoms with van der Waals surface area (Å²) >= 11 is 0. The van der Waals surface area contributed by atoms with Crippen LogP contribution in [0, 0.1) is 0 Å². The topological polar surface area (TPSA) is 70.4 Å². The number of benzene rings is 1. The molecule has 22 heavy (non-hydrogen) atoms. The molecule has 0 amide bonds. The third-order valence-electron chi connectivity index (χ3n) is 3.79. The highest BCUT2D eigenvalue weighted by Crippen LogP contribution is 2.40. The highest BCUT2D eigenvalue weighted by Gasteiger charge is 2.20. The molecule has 1 aromatic heterocycles. The van der Waals surface area contributed by atoms with Gasteiger partial charge in [-0.25, -0.2) is 0 Å². The molecule has 1 N–H and O–H groups in total. The van der Waals surface area contributed by atoms with Crippen molar-refractivity contribution < 1.29 is 14.2 Å². The molecule has 0 aliphatic carbocycles. The first-order valence-electron chi connectivity index (χ1n) is 7.21. The zero-order valence-corrected chi connectivity index (χ0v) is 13.0. The third kappa shape index (κ3) is 2.48. The fourth-order valence-corrected chi connectivity index (χ4v) is 2.70. The van der Waals surface area contributed by atoms with Crippen molar-refractivity contribution in [2.45, 2.75) is 13.0 Å². The van der Waals surface area contributed by atoms with Crippen LogP contribution in [0.15, 0.2) is 12.1 Å². The SMILES string of the molecule is COc1cc(-c2nnc3n2CCNCC3)cc(OC)c1OC. The maximum Gasteiger partial charge on any atom is 0.203 e. The lowest BCUT2D eigenvalue weighted by Crippen LogP contribution is -2.17. The van der Waals surface area contributed by atoms with E-state index in [-0.39, 0.29) is 0 Å². The first-order chi connectivity index (χ1) is 10.8. The predicted octanol–water partition coefficient (Wildman–Crippen LogP) is 1.12. The molecule has 7 nitrogen and oxygen atoms in total. The molecule has 0 bridgehead atoms. The highest BCUT2D eigenvalue weighted by molar-refractivity contribution is 5.67. The second-order valence-electron chi connectivity index (χ2n) is 5.01.